The molecule has 0 radical (unpaired) electrons. The zero-order chi connectivity index (χ0) is 13.0. The zero-order valence-corrected chi connectivity index (χ0v) is 10.7. The summed E-state index contributed by atoms with van der Waals surface area (Å²) in [6, 6.07) is 15.8. The number of benzene rings is 2. The Morgan fingerprint density at radius 3 is 2.39 bits per heavy atom. The first kappa shape index (κ1) is 12.4. The second-order valence-electron chi connectivity index (χ2n) is 4.45. The van der Waals surface area contributed by atoms with Gasteiger partial charge in [-0.3, -0.25) is 0 Å². The molecular weight excluding hydrogens is 222 g/mol. The average Bonchev–Trinajstić information content (AvgIpc) is 2.38. The molecule has 0 bridgehead atoms. The highest BCUT2D eigenvalue weighted by Crippen LogP contribution is 2.12. The van der Waals surface area contributed by atoms with Crippen molar-refractivity contribution in [1.29, 1.82) is 5.41 Å². The number of nitrogens with one attached hydrogen (secondary N) is 1. The summed E-state index contributed by atoms with van der Waals surface area (Å²) in [5.41, 5.74) is 3.78. The molecule has 0 aliphatic carbocycles. The highest BCUT2D eigenvalue weighted by Gasteiger charge is 2.02. The SMILES string of the molecule is Cc1ccc(OCC(=N)c2cccc(C)c2)cc1. The lowest BCUT2D eigenvalue weighted by atomic mass is 10.1. The maximum Gasteiger partial charge on any atom is 0.130 e. The zero-order valence-electron chi connectivity index (χ0n) is 10.7. The molecule has 1 N–H and O–H groups in total. The fourth-order valence-corrected chi connectivity index (χ4v) is 1.71. The Morgan fingerprint density at radius 1 is 1.00 bits per heavy atom. The van der Waals surface area contributed by atoms with Gasteiger partial charge in [0, 0.05) is 0 Å². The molecule has 2 aromatic rings. The normalized spacial score (nSPS) is 10.1. The fourth-order valence-electron chi connectivity index (χ4n) is 1.71. The van der Waals surface area contributed by atoms with Crippen molar-refractivity contribution in [3.8, 4) is 5.75 Å². The van der Waals surface area contributed by atoms with Crippen LogP contribution in [0.15, 0.2) is 48.5 Å². The van der Waals surface area contributed by atoms with E-state index >= 15 is 0 Å². The molecule has 0 saturated carbocycles. The molecule has 18 heavy (non-hydrogen) atoms. The number of rotatable bonds is 4. The highest BCUT2D eigenvalue weighted by atomic mass is 16.5. The van der Waals surface area contributed by atoms with Crippen LogP contribution in [0.4, 0.5) is 0 Å². The molecule has 0 heterocycles. The average molecular weight is 239 g/mol. The Morgan fingerprint density at radius 2 is 1.72 bits per heavy atom. The second kappa shape index (κ2) is 5.50. The van der Waals surface area contributed by atoms with Crippen molar-refractivity contribution in [2.45, 2.75) is 13.8 Å². The van der Waals surface area contributed by atoms with Crippen molar-refractivity contribution < 1.29 is 4.74 Å². The Hall–Kier alpha value is -2.09. The van der Waals surface area contributed by atoms with E-state index in [4.69, 9.17) is 10.1 Å². The van der Waals surface area contributed by atoms with Crippen LogP contribution in [0.2, 0.25) is 0 Å². The third-order valence-corrected chi connectivity index (χ3v) is 2.77. The van der Waals surface area contributed by atoms with Crippen LogP contribution in [0.3, 0.4) is 0 Å². The highest BCUT2D eigenvalue weighted by molar-refractivity contribution is 5.99. The molecule has 0 aliphatic heterocycles. The van der Waals surface area contributed by atoms with E-state index < -0.39 is 0 Å². The Balaban J connectivity index is 1.98. The monoisotopic (exact) mass is 239 g/mol. The predicted molar refractivity (Wildman–Crippen MR) is 74.7 cm³/mol. The van der Waals surface area contributed by atoms with Crippen LogP contribution in [-0.4, -0.2) is 12.3 Å². The van der Waals surface area contributed by atoms with Gasteiger partial charge in [0.2, 0.25) is 0 Å². The third-order valence-electron chi connectivity index (χ3n) is 2.77. The van der Waals surface area contributed by atoms with Gasteiger partial charge in [-0.25, -0.2) is 0 Å². The van der Waals surface area contributed by atoms with E-state index in [1.54, 1.807) is 0 Å². The van der Waals surface area contributed by atoms with Gasteiger partial charge in [-0.1, -0.05) is 47.5 Å². The van der Waals surface area contributed by atoms with Crippen molar-refractivity contribution in [2.24, 2.45) is 0 Å². The van der Waals surface area contributed by atoms with Gasteiger partial charge in [0.1, 0.15) is 12.4 Å². The van der Waals surface area contributed by atoms with Crippen molar-refractivity contribution in [3.05, 3.63) is 65.2 Å². The minimum absolute atomic E-state index is 0.298. The topological polar surface area (TPSA) is 33.1 Å². The molecule has 0 amide bonds. The van der Waals surface area contributed by atoms with Gasteiger partial charge < -0.3 is 10.1 Å². The second-order valence-corrected chi connectivity index (χ2v) is 4.45. The smallest absolute Gasteiger partial charge is 0.130 e. The number of ether oxygens (including phenoxy) is 1. The molecule has 0 saturated heterocycles. The summed E-state index contributed by atoms with van der Waals surface area (Å²) in [6.45, 7) is 4.36. The van der Waals surface area contributed by atoms with Crippen LogP contribution in [0, 0.1) is 19.3 Å². The maximum absolute atomic E-state index is 7.99. The molecule has 0 unspecified atom stereocenters. The van der Waals surface area contributed by atoms with E-state index in [9.17, 15) is 0 Å². The fraction of sp³-hybridized carbons (Fsp3) is 0.188. The molecule has 2 heteroatoms. The summed E-state index contributed by atoms with van der Waals surface area (Å²) >= 11 is 0. The summed E-state index contributed by atoms with van der Waals surface area (Å²) in [4.78, 5) is 0. The van der Waals surface area contributed by atoms with Gasteiger partial charge >= 0.3 is 0 Å². The van der Waals surface area contributed by atoms with Gasteiger partial charge in [-0.15, -0.1) is 0 Å². The lowest BCUT2D eigenvalue weighted by molar-refractivity contribution is 0.376. The van der Waals surface area contributed by atoms with Crippen molar-refractivity contribution in [2.75, 3.05) is 6.61 Å². The standard InChI is InChI=1S/C16H17NO/c1-12-6-8-15(9-7-12)18-11-16(17)14-5-3-4-13(2)10-14/h3-10,17H,11H2,1-2H3. The van der Waals surface area contributed by atoms with E-state index in [1.807, 2.05) is 62.4 Å². The Labute approximate surface area is 108 Å². The Kier molecular flexibility index (Phi) is 3.78. The molecule has 2 nitrogen and oxygen atoms in total. The van der Waals surface area contributed by atoms with Gasteiger partial charge in [0.15, 0.2) is 0 Å². The van der Waals surface area contributed by atoms with Crippen LogP contribution < -0.4 is 4.74 Å². The first-order chi connectivity index (χ1) is 8.65. The lowest BCUT2D eigenvalue weighted by Gasteiger charge is -2.08. The first-order valence-electron chi connectivity index (χ1n) is 5.99. The molecule has 0 atom stereocenters. The molecule has 0 aliphatic rings. The molecule has 0 aromatic heterocycles. The Bertz CT molecular complexity index is 543. The summed E-state index contributed by atoms with van der Waals surface area (Å²) < 4.78 is 5.59. The predicted octanol–water partition coefficient (Wildman–Crippen LogP) is 3.75. The minimum Gasteiger partial charge on any atom is -0.487 e. The van der Waals surface area contributed by atoms with Crippen LogP contribution in [0.25, 0.3) is 0 Å². The van der Waals surface area contributed by atoms with Gasteiger partial charge in [-0.2, -0.15) is 0 Å². The molecule has 0 spiro atoms. The largest absolute Gasteiger partial charge is 0.487 e. The molecule has 2 aromatic carbocycles. The molecular formula is C16H17NO. The van der Waals surface area contributed by atoms with Crippen molar-refractivity contribution >= 4 is 5.71 Å². The van der Waals surface area contributed by atoms with Crippen LogP contribution in [-0.2, 0) is 0 Å². The summed E-state index contributed by atoms with van der Waals surface area (Å²) in [6.07, 6.45) is 0. The van der Waals surface area contributed by atoms with Gasteiger partial charge in [0.05, 0.1) is 5.71 Å². The molecule has 0 fully saturated rings. The third kappa shape index (κ3) is 3.20. The van der Waals surface area contributed by atoms with E-state index in [2.05, 4.69) is 0 Å². The van der Waals surface area contributed by atoms with E-state index in [0.29, 0.717) is 12.3 Å². The van der Waals surface area contributed by atoms with E-state index in [1.165, 1.54) is 5.56 Å². The lowest BCUT2D eigenvalue weighted by Crippen LogP contribution is -2.11. The first-order valence-corrected chi connectivity index (χ1v) is 5.99. The summed E-state index contributed by atoms with van der Waals surface area (Å²) in [5, 5.41) is 7.99. The van der Waals surface area contributed by atoms with Crippen LogP contribution in [0.1, 0.15) is 16.7 Å². The minimum atomic E-state index is 0.298. The quantitative estimate of drug-likeness (QED) is 0.810. The van der Waals surface area contributed by atoms with E-state index in [0.717, 1.165) is 16.9 Å². The van der Waals surface area contributed by atoms with E-state index in [-0.39, 0.29) is 0 Å². The number of aryl methyl sites for hydroxylation is 2. The summed E-state index contributed by atoms with van der Waals surface area (Å²) in [5.74, 6) is 0.804. The maximum atomic E-state index is 7.99. The van der Waals surface area contributed by atoms with Crippen LogP contribution in [0.5, 0.6) is 5.75 Å². The van der Waals surface area contributed by atoms with Crippen LogP contribution >= 0.6 is 0 Å². The van der Waals surface area contributed by atoms with Gasteiger partial charge in [-0.05, 0) is 31.5 Å². The van der Waals surface area contributed by atoms with Crippen molar-refractivity contribution in [1.82, 2.24) is 0 Å². The molecule has 2 rings (SSSR count). The van der Waals surface area contributed by atoms with Crippen molar-refractivity contribution in [3.63, 3.8) is 0 Å². The number of hydrogen-bond donors (Lipinski definition) is 1. The van der Waals surface area contributed by atoms with Gasteiger partial charge in [0.25, 0.3) is 0 Å². The summed E-state index contributed by atoms with van der Waals surface area (Å²) in [7, 11) is 0. The number of hydrogen-bond acceptors (Lipinski definition) is 2. The molecule has 92 valence electrons.